The second-order valence-corrected chi connectivity index (χ2v) is 14.1. The van der Waals surface area contributed by atoms with E-state index in [-0.39, 0.29) is 0 Å². The van der Waals surface area contributed by atoms with Crippen LogP contribution < -0.4 is 4.52 Å². The molecule has 0 radical (unpaired) electrons. The number of benzene rings is 2. The van der Waals surface area contributed by atoms with E-state index in [9.17, 15) is 0 Å². The van der Waals surface area contributed by atoms with Crippen LogP contribution in [0.15, 0.2) is 53.4 Å². The van der Waals surface area contributed by atoms with Crippen molar-refractivity contribution in [3.05, 3.63) is 59.7 Å². The van der Waals surface area contributed by atoms with Gasteiger partial charge in [0.05, 0.1) is 0 Å². The molecule has 0 bridgehead atoms. The molecule has 0 aliphatic carbocycles. The summed E-state index contributed by atoms with van der Waals surface area (Å²) in [7, 11) is 0. The van der Waals surface area contributed by atoms with E-state index in [1.54, 1.807) is 0 Å². The van der Waals surface area contributed by atoms with E-state index in [2.05, 4.69) is 62.5 Å². The molecule has 1 nitrogen and oxygen atoms in total. The summed E-state index contributed by atoms with van der Waals surface area (Å²) in [5, 5.41) is 0. The third-order valence-electron chi connectivity index (χ3n) is 3.10. The quantitative estimate of drug-likeness (QED) is 0.493. The van der Waals surface area contributed by atoms with Gasteiger partial charge in [-0.05, 0) is 71.4 Å². The van der Waals surface area contributed by atoms with Crippen molar-refractivity contribution in [3.8, 4) is 5.75 Å². The van der Waals surface area contributed by atoms with Gasteiger partial charge >= 0.3 is 0 Å². The molecule has 0 aromatic heterocycles. The standard InChI is InChI=1S/C16H19OPS3/c1-3-13-5-9-15(10-6-13)17-18(19,20)21-16-11-7-14(4-2)8-12-16/h5-12H,3-4H2,1-2H3,(H,19,20). The summed E-state index contributed by atoms with van der Waals surface area (Å²) < 4.78 is 3.68. The van der Waals surface area contributed by atoms with Gasteiger partial charge in [-0.15, -0.1) is 0 Å². The minimum atomic E-state index is -2.24. The summed E-state index contributed by atoms with van der Waals surface area (Å²) in [6.45, 7) is 4.28. The molecule has 0 aliphatic heterocycles. The first-order valence-electron chi connectivity index (χ1n) is 6.92. The molecule has 0 saturated carbocycles. The van der Waals surface area contributed by atoms with E-state index in [4.69, 9.17) is 16.3 Å². The monoisotopic (exact) mass is 354 g/mol. The molecule has 1 unspecified atom stereocenters. The molecule has 2 aromatic rings. The highest BCUT2D eigenvalue weighted by molar-refractivity contribution is 8.95. The lowest BCUT2D eigenvalue weighted by Gasteiger charge is -2.17. The average Bonchev–Trinajstić information content (AvgIpc) is 2.48. The molecule has 0 saturated heterocycles. The van der Waals surface area contributed by atoms with Crippen molar-refractivity contribution in [2.24, 2.45) is 0 Å². The van der Waals surface area contributed by atoms with Crippen molar-refractivity contribution >= 4 is 40.1 Å². The van der Waals surface area contributed by atoms with E-state index < -0.39 is 4.67 Å². The van der Waals surface area contributed by atoms with Crippen molar-refractivity contribution in [1.29, 1.82) is 0 Å². The second-order valence-electron chi connectivity index (χ2n) is 4.65. The van der Waals surface area contributed by atoms with Crippen molar-refractivity contribution in [2.75, 3.05) is 0 Å². The Kier molecular flexibility index (Phi) is 6.24. The molecule has 2 rings (SSSR count). The molecule has 0 amide bonds. The molecule has 21 heavy (non-hydrogen) atoms. The van der Waals surface area contributed by atoms with Gasteiger partial charge < -0.3 is 4.52 Å². The van der Waals surface area contributed by atoms with Crippen molar-refractivity contribution in [3.63, 3.8) is 0 Å². The zero-order valence-corrected chi connectivity index (χ0v) is 15.6. The molecular weight excluding hydrogens is 335 g/mol. The first kappa shape index (κ1) is 17.0. The zero-order chi connectivity index (χ0) is 15.3. The largest absolute Gasteiger partial charge is 0.448 e. The van der Waals surface area contributed by atoms with Crippen LogP contribution in [-0.2, 0) is 24.6 Å². The molecule has 0 spiro atoms. The van der Waals surface area contributed by atoms with Gasteiger partial charge in [0, 0.05) is 4.90 Å². The van der Waals surface area contributed by atoms with Gasteiger partial charge in [-0.25, -0.2) is 0 Å². The number of hydrogen-bond donors (Lipinski definition) is 1. The van der Waals surface area contributed by atoms with Gasteiger partial charge in [-0.2, -0.15) is 0 Å². The zero-order valence-electron chi connectivity index (χ0n) is 12.2. The van der Waals surface area contributed by atoms with Gasteiger partial charge in [0.2, 0.25) is 4.67 Å². The fourth-order valence-electron chi connectivity index (χ4n) is 1.86. The van der Waals surface area contributed by atoms with E-state index >= 15 is 0 Å². The molecule has 5 heteroatoms. The lowest BCUT2D eigenvalue weighted by atomic mass is 10.2. The van der Waals surface area contributed by atoms with Crippen LogP contribution in [0.25, 0.3) is 0 Å². The van der Waals surface area contributed by atoms with E-state index in [1.165, 1.54) is 22.5 Å². The summed E-state index contributed by atoms with van der Waals surface area (Å²) in [4.78, 5) is 1.11. The maximum absolute atomic E-state index is 5.91. The van der Waals surface area contributed by atoms with Gasteiger partial charge in [0.1, 0.15) is 5.75 Å². The molecule has 2 aromatic carbocycles. The molecule has 1 atom stereocenters. The van der Waals surface area contributed by atoms with Crippen molar-refractivity contribution in [2.45, 2.75) is 31.6 Å². The summed E-state index contributed by atoms with van der Waals surface area (Å²) >= 11 is 11.7. The maximum atomic E-state index is 5.91. The Morgan fingerprint density at radius 1 is 0.952 bits per heavy atom. The van der Waals surface area contributed by atoms with Gasteiger partial charge in [0.15, 0.2) is 0 Å². The van der Waals surface area contributed by atoms with E-state index in [0.717, 1.165) is 23.5 Å². The number of aryl methyl sites for hydroxylation is 2. The summed E-state index contributed by atoms with van der Waals surface area (Å²) in [6.07, 6.45) is 2.06. The highest BCUT2D eigenvalue weighted by Gasteiger charge is 2.16. The Labute approximate surface area is 141 Å². The van der Waals surface area contributed by atoms with Crippen LogP contribution in [0.5, 0.6) is 5.75 Å². The first-order valence-corrected chi connectivity index (χ1v) is 12.2. The minimum Gasteiger partial charge on any atom is -0.448 e. The first-order chi connectivity index (χ1) is 10.0. The predicted molar refractivity (Wildman–Crippen MR) is 101 cm³/mol. The van der Waals surface area contributed by atoms with Crippen LogP contribution in [0, 0.1) is 0 Å². The van der Waals surface area contributed by atoms with Crippen molar-refractivity contribution < 1.29 is 4.52 Å². The smallest absolute Gasteiger partial charge is 0.224 e. The summed E-state index contributed by atoms with van der Waals surface area (Å²) in [6, 6.07) is 16.5. The van der Waals surface area contributed by atoms with Crippen LogP contribution in [0.2, 0.25) is 0 Å². The SMILES string of the molecule is CCc1ccc(OP(=S)(S)Sc2ccc(CC)cc2)cc1. The van der Waals surface area contributed by atoms with Crippen LogP contribution in [0.3, 0.4) is 0 Å². The van der Waals surface area contributed by atoms with Crippen molar-refractivity contribution in [1.82, 2.24) is 0 Å². The number of thiol groups is 1. The Hall–Kier alpha value is -0.410. The number of rotatable bonds is 6. The Bertz CT molecular complexity index is 569. The maximum Gasteiger partial charge on any atom is 0.224 e. The molecular formula is C16H19OPS3. The lowest BCUT2D eigenvalue weighted by molar-refractivity contribution is 0.637. The normalized spacial score (nSPS) is 13.7. The van der Waals surface area contributed by atoms with Crippen LogP contribution in [0.4, 0.5) is 0 Å². The third-order valence-corrected chi connectivity index (χ3v) is 7.68. The fraction of sp³-hybridized carbons (Fsp3) is 0.250. The van der Waals surface area contributed by atoms with Gasteiger partial charge in [-0.1, -0.05) is 50.4 Å². The van der Waals surface area contributed by atoms with E-state index in [0.29, 0.717) is 0 Å². The van der Waals surface area contributed by atoms with Crippen LogP contribution in [0.1, 0.15) is 25.0 Å². The fourth-order valence-corrected chi connectivity index (χ4v) is 6.51. The van der Waals surface area contributed by atoms with Gasteiger partial charge in [-0.3, -0.25) is 0 Å². The third kappa shape index (κ3) is 5.37. The molecule has 0 aliphatic rings. The Balaban J connectivity index is 2.04. The Morgan fingerprint density at radius 2 is 1.43 bits per heavy atom. The minimum absolute atomic E-state index is 0.795. The molecule has 0 N–H and O–H groups in total. The molecule has 0 fully saturated rings. The number of hydrogen-bond acceptors (Lipinski definition) is 3. The summed E-state index contributed by atoms with van der Waals surface area (Å²) in [5.41, 5.74) is 2.61. The molecule has 0 heterocycles. The average molecular weight is 355 g/mol. The predicted octanol–water partition coefficient (Wildman–Crippen LogP) is 6.14. The highest BCUT2D eigenvalue weighted by atomic mass is 33.2. The Morgan fingerprint density at radius 3 is 1.90 bits per heavy atom. The molecule has 112 valence electrons. The van der Waals surface area contributed by atoms with E-state index in [1.807, 2.05) is 12.1 Å². The lowest BCUT2D eigenvalue weighted by Crippen LogP contribution is -1.86. The van der Waals surface area contributed by atoms with Crippen LogP contribution >= 0.6 is 28.3 Å². The van der Waals surface area contributed by atoms with Crippen LogP contribution in [-0.4, -0.2) is 0 Å². The summed E-state index contributed by atoms with van der Waals surface area (Å²) in [5.74, 6) is 0.795. The van der Waals surface area contributed by atoms with Gasteiger partial charge in [0.25, 0.3) is 0 Å². The second kappa shape index (κ2) is 7.73. The highest BCUT2D eigenvalue weighted by Crippen LogP contribution is 2.66. The topological polar surface area (TPSA) is 9.23 Å².